The molecule has 0 aliphatic carbocycles. The number of halogens is 3. The van der Waals surface area contributed by atoms with Crippen LogP contribution in [0, 0.1) is 0 Å². The highest BCUT2D eigenvalue weighted by atomic mass is 32.2. The first-order valence-electron chi connectivity index (χ1n) is 12.7. The summed E-state index contributed by atoms with van der Waals surface area (Å²) in [5.41, 5.74) is 1.07. The Kier molecular flexibility index (Phi) is 7.54. The Balaban J connectivity index is 1.10. The molecule has 3 aromatic heterocycles. The van der Waals surface area contributed by atoms with Gasteiger partial charge in [-0.25, -0.2) is 4.98 Å². The fraction of sp³-hybridized carbons (Fsp3) is 0.214. The van der Waals surface area contributed by atoms with E-state index in [1.165, 1.54) is 29.2 Å². The smallest absolute Gasteiger partial charge is 0.416 e. The number of thioether (sulfide) groups is 1. The van der Waals surface area contributed by atoms with Crippen molar-refractivity contribution in [3.63, 3.8) is 0 Å². The van der Waals surface area contributed by atoms with E-state index in [4.69, 9.17) is 4.42 Å². The predicted octanol–water partition coefficient (Wildman–Crippen LogP) is 6.26. The van der Waals surface area contributed by atoms with Gasteiger partial charge in [0.25, 0.3) is 5.91 Å². The summed E-state index contributed by atoms with van der Waals surface area (Å²) in [6, 6.07) is 18.6. The number of benzene rings is 2. The molecule has 0 N–H and O–H groups in total. The zero-order chi connectivity index (χ0) is 28.4. The topological polar surface area (TPSA) is 80.3 Å². The molecule has 1 saturated heterocycles. The van der Waals surface area contributed by atoms with Gasteiger partial charge >= 0.3 is 6.18 Å². The zero-order valence-corrected chi connectivity index (χ0v) is 23.1. The summed E-state index contributed by atoms with van der Waals surface area (Å²) in [5, 5.41) is 11.9. The number of furan rings is 1. The van der Waals surface area contributed by atoms with E-state index in [-0.39, 0.29) is 5.91 Å². The number of piperazine rings is 1. The molecule has 0 unspecified atom stereocenters. The third-order valence-corrected chi connectivity index (χ3v) is 8.56. The van der Waals surface area contributed by atoms with Gasteiger partial charge in [0.15, 0.2) is 10.9 Å². The number of amides is 1. The van der Waals surface area contributed by atoms with Crippen LogP contribution in [0.15, 0.2) is 87.9 Å². The molecule has 1 aliphatic rings. The fourth-order valence-electron chi connectivity index (χ4n) is 4.55. The van der Waals surface area contributed by atoms with Crippen LogP contribution in [0.1, 0.15) is 21.1 Å². The van der Waals surface area contributed by atoms with Crippen LogP contribution in [0.2, 0.25) is 0 Å². The van der Waals surface area contributed by atoms with Gasteiger partial charge in [-0.1, -0.05) is 36.0 Å². The maximum atomic E-state index is 13.1. The molecule has 8 nitrogen and oxygen atoms in total. The van der Waals surface area contributed by atoms with E-state index in [1.807, 2.05) is 45.9 Å². The minimum absolute atomic E-state index is 0.186. The van der Waals surface area contributed by atoms with Gasteiger partial charge < -0.3 is 14.2 Å². The molecule has 41 heavy (non-hydrogen) atoms. The highest BCUT2D eigenvalue weighted by Crippen LogP contribution is 2.33. The van der Waals surface area contributed by atoms with Crippen molar-refractivity contribution in [1.82, 2.24) is 24.6 Å². The number of hydrogen-bond donors (Lipinski definition) is 0. The van der Waals surface area contributed by atoms with Crippen molar-refractivity contribution in [3.8, 4) is 17.3 Å². The van der Waals surface area contributed by atoms with E-state index >= 15 is 0 Å². The van der Waals surface area contributed by atoms with Crippen molar-refractivity contribution in [2.45, 2.75) is 17.1 Å². The number of anilines is 1. The lowest BCUT2D eigenvalue weighted by molar-refractivity contribution is -0.137. The molecular weight excluding hydrogens is 573 g/mol. The summed E-state index contributed by atoms with van der Waals surface area (Å²) >= 11 is 2.85. The first-order chi connectivity index (χ1) is 19.9. The third kappa shape index (κ3) is 5.86. The number of carbonyl (C=O) groups is 1. The van der Waals surface area contributed by atoms with Crippen molar-refractivity contribution < 1.29 is 22.4 Å². The maximum absolute atomic E-state index is 13.1. The Labute approximate surface area is 241 Å². The minimum atomic E-state index is -4.40. The molecule has 210 valence electrons. The molecule has 0 bridgehead atoms. The van der Waals surface area contributed by atoms with Crippen LogP contribution < -0.4 is 4.90 Å². The first kappa shape index (κ1) is 27.1. The first-order valence-corrected chi connectivity index (χ1v) is 14.6. The molecule has 1 fully saturated rings. The van der Waals surface area contributed by atoms with Crippen molar-refractivity contribution in [3.05, 3.63) is 94.6 Å². The number of hydrogen-bond acceptors (Lipinski definition) is 8. The van der Waals surface area contributed by atoms with Gasteiger partial charge in [0.2, 0.25) is 5.82 Å². The largest absolute Gasteiger partial charge is 0.461 e. The van der Waals surface area contributed by atoms with Gasteiger partial charge in [-0.05, 0) is 42.5 Å². The molecule has 4 heterocycles. The monoisotopic (exact) mass is 596 g/mol. The van der Waals surface area contributed by atoms with Gasteiger partial charge in [-0.3, -0.25) is 9.36 Å². The molecule has 1 amide bonds. The van der Waals surface area contributed by atoms with Gasteiger partial charge in [-0.2, -0.15) is 13.2 Å². The van der Waals surface area contributed by atoms with Crippen LogP contribution in [0.5, 0.6) is 0 Å². The van der Waals surface area contributed by atoms with E-state index in [0.717, 1.165) is 22.8 Å². The average molecular weight is 597 g/mol. The number of rotatable bonds is 7. The molecule has 0 spiro atoms. The van der Waals surface area contributed by atoms with Crippen molar-refractivity contribution >= 4 is 34.7 Å². The lowest BCUT2D eigenvalue weighted by Gasteiger charge is -2.36. The lowest BCUT2D eigenvalue weighted by Crippen LogP contribution is -2.49. The SMILES string of the molecule is O=C(c1csc(CSc2nnc(-c3ccco3)n2-c2ccccc2)n1)N1CCN(c2cccc(C(F)(F)F)c2)CC1. The number of carbonyl (C=O) groups excluding carboxylic acids is 1. The quantitative estimate of drug-likeness (QED) is 0.205. The minimum Gasteiger partial charge on any atom is -0.461 e. The molecule has 13 heteroatoms. The van der Waals surface area contributed by atoms with E-state index < -0.39 is 11.7 Å². The highest BCUT2D eigenvalue weighted by Gasteiger charge is 2.31. The Hall–Kier alpha value is -4.10. The van der Waals surface area contributed by atoms with Crippen LogP contribution in [-0.2, 0) is 11.9 Å². The van der Waals surface area contributed by atoms with Crippen molar-refractivity contribution in [1.29, 1.82) is 0 Å². The van der Waals surface area contributed by atoms with Crippen molar-refractivity contribution in [2.24, 2.45) is 0 Å². The molecule has 0 saturated carbocycles. The second-order valence-electron chi connectivity index (χ2n) is 9.20. The summed E-state index contributed by atoms with van der Waals surface area (Å²) in [6.45, 7) is 1.67. The van der Waals surface area contributed by atoms with Crippen LogP contribution in [0.3, 0.4) is 0 Å². The molecule has 0 radical (unpaired) electrons. The predicted molar refractivity (Wildman–Crippen MR) is 150 cm³/mol. The second kappa shape index (κ2) is 11.4. The molecule has 1 aliphatic heterocycles. The normalized spacial score (nSPS) is 14.0. The van der Waals surface area contributed by atoms with E-state index in [0.29, 0.717) is 60.1 Å². The number of nitrogens with zero attached hydrogens (tertiary/aromatic N) is 6. The van der Waals surface area contributed by atoms with Gasteiger partial charge in [0.05, 0.1) is 17.6 Å². The van der Waals surface area contributed by atoms with Crippen molar-refractivity contribution in [2.75, 3.05) is 31.1 Å². The molecule has 2 aromatic carbocycles. The summed E-state index contributed by atoms with van der Waals surface area (Å²) in [6.07, 6.45) is -2.81. The summed E-state index contributed by atoms with van der Waals surface area (Å²) in [7, 11) is 0. The Bertz CT molecular complexity index is 1630. The summed E-state index contributed by atoms with van der Waals surface area (Å²) in [4.78, 5) is 21.3. The lowest BCUT2D eigenvalue weighted by atomic mass is 10.1. The number of aromatic nitrogens is 4. The number of alkyl halides is 3. The highest BCUT2D eigenvalue weighted by molar-refractivity contribution is 7.98. The zero-order valence-electron chi connectivity index (χ0n) is 21.5. The summed E-state index contributed by atoms with van der Waals surface area (Å²) < 4.78 is 46.8. The Morgan fingerprint density at radius 1 is 0.951 bits per heavy atom. The fourth-order valence-corrected chi connectivity index (χ4v) is 6.29. The standard InChI is InChI=1S/C28H23F3N6O2S2/c29-28(30,31)19-6-4-9-21(16-19)35-11-13-36(14-12-35)26(38)22-17-40-24(32-22)18-41-27-34-33-25(23-10-5-15-39-23)37(27)20-7-2-1-3-8-20/h1-10,15-17H,11-14,18H2. The van der Waals surface area contributed by atoms with Crippen LogP contribution >= 0.6 is 23.1 Å². The summed E-state index contributed by atoms with van der Waals surface area (Å²) in [5.74, 6) is 1.49. The number of thiazole rings is 1. The number of para-hydroxylation sites is 1. The molecule has 6 rings (SSSR count). The second-order valence-corrected chi connectivity index (χ2v) is 11.1. The maximum Gasteiger partial charge on any atom is 0.416 e. The van der Waals surface area contributed by atoms with E-state index in [1.54, 1.807) is 28.7 Å². The molecular formula is C28H23F3N6O2S2. The third-order valence-electron chi connectivity index (χ3n) is 6.59. The van der Waals surface area contributed by atoms with E-state index in [9.17, 15) is 18.0 Å². The van der Waals surface area contributed by atoms with E-state index in [2.05, 4.69) is 15.2 Å². The molecule has 0 atom stereocenters. The Morgan fingerprint density at radius 3 is 2.46 bits per heavy atom. The van der Waals surface area contributed by atoms with Crippen LogP contribution in [-0.4, -0.2) is 56.7 Å². The van der Waals surface area contributed by atoms with Gasteiger partial charge in [0.1, 0.15) is 10.7 Å². The molecule has 5 aromatic rings. The van der Waals surface area contributed by atoms with Crippen LogP contribution in [0.4, 0.5) is 18.9 Å². The van der Waals surface area contributed by atoms with Gasteiger partial charge in [0, 0.05) is 42.9 Å². The average Bonchev–Trinajstić information content (AvgIpc) is 3.77. The Morgan fingerprint density at radius 2 is 1.73 bits per heavy atom. The van der Waals surface area contributed by atoms with Crippen LogP contribution in [0.25, 0.3) is 17.3 Å². The van der Waals surface area contributed by atoms with Gasteiger partial charge in [-0.15, -0.1) is 21.5 Å².